The molecular formula is C33H38Cl2F3N5O2. The number of imidazole rings is 1. The van der Waals surface area contributed by atoms with E-state index in [0.717, 1.165) is 72.8 Å². The van der Waals surface area contributed by atoms with Crippen LogP contribution in [0.4, 0.5) is 13.2 Å². The third-order valence-electron chi connectivity index (χ3n) is 8.63. The topological polar surface area (TPSA) is 64.7 Å². The summed E-state index contributed by atoms with van der Waals surface area (Å²) in [6.07, 6.45) is -2.28. The van der Waals surface area contributed by atoms with Crippen molar-refractivity contribution >= 4 is 41.8 Å². The van der Waals surface area contributed by atoms with Crippen molar-refractivity contribution in [3.63, 3.8) is 0 Å². The fourth-order valence-corrected chi connectivity index (χ4v) is 6.06. The average Bonchev–Trinajstić information content (AvgIpc) is 3.45. The van der Waals surface area contributed by atoms with Crippen molar-refractivity contribution in [1.29, 1.82) is 0 Å². The van der Waals surface area contributed by atoms with Gasteiger partial charge in [-0.1, -0.05) is 24.3 Å². The lowest BCUT2D eigenvalue weighted by Crippen LogP contribution is -2.48. The Morgan fingerprint density at radius 1 is 0.844 bits per heavy atom. The van der Waals surface area contributed by atoms with Crippen LogP contribution in [0.15, 0.2) is 66.7 Å². The van der Waals surface area contributed by atoms with E-state index in [2.05, 4.69) is 26.9 Å². The Bertz CT molecular complexity index is 1550. The van der Waals surface area contributed by atoms with Crippen LogP contribution in [-0.4, -0.2) is 77.0 Å². The van der Waals surface area contributed by atoms with Crippen molar-refractivity contribution in [1.82, 2.24) is 24.7 Å². The third kappa shape index (κ3) is 8.30. The third-order valence-corrected chi connectivity index (χ3v) is 8.63. The average molecular weight is 665 g/mol. The van der Waals surface area contributed by atoms with Gasteiger partial charge in [0.05, 0.1) is 23.7 Å². The molecule has 3 aromatic carbocycles. The van der Waals surface area contributed by atoms with Crippen LogP contribution in [0.3, 0.4) is 0 Å². The van der Waals surface area contributed by atoms with Gasteiger partial charge in [-0.3, -0.25) is 14.6 Å². The van der Waals surface area contributed by atoms with Crippen LogP contribution < -0.4 is 4.74 Å². The van der Waals surface area contributed by atoms with Gasteiger partial charge in [0.1, 0.15) is 11.6 Å². The van der Waals surface area contributed by atoms with Crippen LogP contribution in [0.1, 0.15) is 51.6 Å². The first kappa shape index (κ1) is 34.6. The summed E-state index contributed by atoms with van der Waals surface area (Å²) < 4.78 is 43.8. The number of piperidine rings is 1. The molecule has 2 fully saturated rings. The maximum atomic E-state index is 13.3. The number of rotatable bonds is 7. The molecule has 0 radical (unpaired) electrons. The minimum Gasteiger partial charge on any atom is -0.497 e. The molecule has 2 aliphatic rings. The molecule has 0 spiro atoms. The second kappa shape index (κ2) is 14.9. The summed E-state index contributed by atoms with van der Waals surface area (Å²) in [7, 11) is 1.68. The molecule has 1 N–H and O–H groups in total. The van der Waals surface area contributed by atoms with Crippen molar-refractivity contribution in [3.05, 3.63) is 94.8 Å². The van der Waals surface area contributed by atoms with Gasteiger partial charge in [-0.2, -0.15) is 13.2 Å². The summed E-state index contributed by atoms with van der Waals surface area (Å²) in [6, 6.07) is 19.2. The number of alkyl halides is 3. The Balaban J connectivity index is 0.00000230. The fraction of sp³-hybridized carbons (Fsp3) is 0.394. The van der Waals surface area contributed by atoms with Crippen molar-refractivity contribution in [3.8, 4) is 5.75 Å². The number of aromatic amines is 1. The zero-order valence-electron chi connectivity index (χ0n) is 25.1. The van der Waals surface area contributed by atoms with E-state index in [-0.39, 0.29) is 30.7 Å². The van der Waals surface area contributed by atoms with Crippen molar-refractivity contribution in [2.45, 2.75) is 38.0 Å². The molecule has 2 saturated heterocycles. The molecule has 7 nitrogen and oxygen atoms in total. The minimum atomic E-state index is -4.33. The Labute approximate surface area is 273 Å². The van der Waals surface area contributed by atoms with Gasteiger partial charge in [-0.15, -0.1) is 24.8 Å². The summed E-state index contributed by atoms with van der Waals surface area (Å²) in [6.45, 7) is 5.96. The molecule has 0 saturated carbocycles. The number of carbonyl (C=O) groups excluding carboxylic acids is 1. The molecule has 2 aliphatic heterocycles. The van der Waals surface area contributed by atoms with E-state index < -0.39 is 11.7 Å². The van der Waals surface area contributed by atoms with Crippen molar-refractivity contribution in [2.24, 2.45) is 0 Å². The molecule has 242 valence electrons. The fourth-order valence-electron chi connectivity index (χ4n) is 6.06. The molecule has 0 aliphatic carbocycles. The Kier molecular flexibility index (Phi) is 11.4. The summed E-state index contributed by atoms with van der Waals surface area (Å²) >= 11 is 0. The number of hydrogen-bond acceptors (Lipinski definition) is 5. The normalized spacial score (nSPS) is 16.7. The number of nitrogens with zero attached hydrogens (tertiary/aromatic N) is 4. The highest BCUT2D eigenvalue weighted by atomic mass is 35.5. The molecular weight excluding hydrogens is 626 g/mol. The van der Waals surface area contributed by atoms with Gasteiger partial charge in [0.15, 0.2) is 0 Å². The Hall–Kier alpha value is -3.31. The van der Waals surface area contributed by atoms with E-state index in [4.69, 9.17) is 9.72 Å². The predicted octanol–water partition coefficient (Wildman–Crippen LogP) is 6.77. The van der Waals surface area contributed by atoms with Gasteiger partial charge in [-0.25, -0.2) is 4.98 Å². The monoisotopic (exact) mass is 663 g/mol. The SMILES string of the molecule is COc1ccc(CN2CCC(c3nc4ccc(C(=O)N5CCN(Cc6ccc(C(F)(F)F)cc6)CC5)cc4[nH]3)CC2)cc1.Cl.Cl. The van der Waals surface area contributed by atoms with E-state index in [1.165, 1.54) is 17.7 Å². The second-order valence-electron chi connectivity index (χ2n) is 11.5. The van der Waals surface area contributed by atoms with E-state index in [0.29, 0.717) is 44.2 Å². The number of amides is 1. The first-order chi connectivity index (χ1) is 20.7. The van der Waals surface area contributed by atoms with Crippen molar-refractivity contribution < 1.29 is 22.7 Å². The van der Waals surface area contributed by atoms with Crippen molar-refractivity contribution in [2.75, 3.05) is 46.4 Å². The predicted molar refractivity (Wildman–Crippen MR) is 173 cm³/mol. The van der Waals surface area contributed by atoms with Gasteiger partial charge in [0.25, 0.3) is 5.91 Å². The lowest BCUT2D eigenvalue weighted by atomic mass is 9.96. The summed E-state index contributed by atoms with van der Waals surface area (Å²) in [5, 5.41) is 0. The van der Waals surface area contributed by atoms with E-state index in [9.17, 15) is 18.0 Å². The highest BCUT2D eigenvalue weighted by Gasteiger charge is 2.30. The van der Waals surface area contributed by atoms with E-state index in [1.807, 2.05) is 35.2 Å². The number of likely N-dealkylation sites (tertiary alicyclic amines) is 1. The number of fused-ring (bicyclic) bond motifs is 1. The summed E-state index contributed by atoms with van der Waals surface area (Å²) in [5.41, 5.74) is 3.85. The minimum absolute atomic E-state index is 0. The van der Waals surface area contributed by atoms with Crippen LogP contribution >= 0.6 is 24.8 Å². The number of aromatic nitrogens is 2. The zero-order chi connectivity index (χ0) is 30.0. The zero-order valence-corrected chi connectivity index (χ0v) is 26.7. The molecule has 3 heterocycles. The van der Waals surface area contributed by atoms with Gasteiger partial charge in [0.2, 0.25) is 0 Å². The van der Waals surface area contributed by atoms with E-state index in [1.54, 1.807) is 7.11 Å². The van der Waals surface area contributed by atoms with Crippen LogP contribution in [0.25, 0.3) is 11.0 Å². The van der Waals surface area contributed by atoms with Gasteiger partial charge < -0.3 is 14.6 Å². The molecule has 0 atom stereocenters. The molecule has 12 heteroatoms. The quantitative estimate of drug-likeness (QED) is 0.236. The van der Waals surface area contributed by atoms with Gasteiger partial charge >= 0.3 is 6.18 Å². The number of benzene rings is 3. The molecule has 45 heavy (non-hydrogen) atoms. The first-order valence-electron chi connectivity index (χ1n) is 14.8. The van der Waals surface area contributed by atoms with Gasteiger partial charge in [0, 0.05) is 50.7 Å². The maximum Gasteiger partial charge on any atom is 0.416 e. The molecule has 0 unspecified atom stereocenters. The lowest BCUT2D eigenvalue weighted by Gasteiger charge is -2.34. The number of carbonyl (C=O) groups is 1. The molecule has 1 amide bonds. The highest BCUT2D eigenvalue weighted by molar-refractivity contribution is 5.97. The number of methoxy groups -OCH3 is 1. The summed E-state index contributed by atoms with van der Waals surface area (Å²) in [5.74, 6) is 2.20. The standard InChI is InChI=1S/C33H36F3N5O2.2ClH/c1-43-28-9-4-24(5-10-28)21-39-14-12-25(13-15-39)31-37-29-11-6-26(20-30(29)38-31)32(42)41-18-16-40(17-19-41)22-23-2-7-27(8-3-23)33(34,35)36;;/h2-11,20,25H,12-19,21-22H2,1H3,(H,37,38);2*1H. The number of hydrogen-bond donors (Lipinski definition) is 1. The first-order valence-corrected chi connectivity index (χ1v) is 14.8. The number of H-pyrrole nitrogens is 1. The molecule has 0 bridgehead atoms. The van der Waals surface area contributed by atoms with Crippen LogP contribution in [0.5, 0.6) is 5.75 Å². The highest BCUT2D eigenvalue weighted by Crippen LogP contribution is 2.30. The number of nitrogens with one attached hydrogen (secondary N) is 1. The van der Waals surface area contributed by atoms with E-state index >= 15 is 0 Å². The molecule has 6 rings (SSSR count). The lowest BCUT2D eigenvalue weighted by molar-refractivity contribution is -0.137. The Morgan fingerprint density at radius 2 is 1.42 bits per heavy atom. The Morgan fingerprint density at radius 3 is 2.00 bits per heavy atom. The largest absolute Gasteiger partial charge is 0.497 e. The smallest absolute Gasteiger partial charge is 0.416 e. The molecule has 4 aromatic rings. The number of halogens is 5. The second-order valence-corrected chi connectivity index (χ2v) is 11.5. The van der Waals surface area contributed by atoms with Crippen LogP contribution in [-0.2, 0) is 19.3 Å². The maximum absolute atomic E-state index is 13.3. The number of piperazine rings is 1. The molecule has 1 aromatic heterocycles. The number of ether oxygens (including phenoxy) is 1. The van der Waals surface area contributed by atoms with Crippen LogP contribution in [0.2, 0.25) is 0 Å². The summed E-state index contributed by atoms with van der Waals surface area (Å²) in [4.78, 5) is 28.2. The van der Waals surface area contributed by atoms with Crippen LogP contribution in [0, 0.1) is 0 Å². The van der Waals surface area contributed by atoms with Gasteiger partial charge in [-0.05, 0) is 79.5 Å².